The predicted molar refractivity (Wildman–Crippen MR) is 116 cm³/mol. The smallest absolute Gasteiger partial charge is 0.185 e. The molecule has 3 aromatic rings. The largest absolute Gasteiger partial charge is 0.348 e. The first-order valence-corrected chi connectivity index (χ1v) is 12.3. The molecule has 4 rings (SSSR count). The summed E-state index contributed by atoms with van der Waals surface area (Å²) in [4.78, 5) is 6.20. The second-order valence-corrected chi connectivity index (χ2v) is 10.8. The van der Waals surface area contributed by atoms with Crippen molar-refractivity contribution in [3.63, 3.8) is 0 Å². The molecule has 0 radical (unpaired) electrons. The van der Waals surface area contributed by atoms with E-state index in [0.717, 1.165) is 28.5 Å². The SMILES string of the molecule is O=S(=O)(c1ccc(F)cc1F)C1CCN(c2nc(-c3ccc(Cl)c(Cl)c3)cs2)CC1. The molecule has 10 heteroatoms. The van der Waals surface area contributed by atoms with Crippen LogP contribution in [0.5, 0.6) is 0 Å². The van der Waals surface area contributed by atoms with Gasteiger partial charge in [0.25, 0.3) is 0 Å². The van der Waals surface area contributed by atoms with Gasteiger partial charge in [-0.25, -0.2) is 22.2 Å². The molecule has 1 aliphatic rings. The van der Waals surface area contributed by atoms with E-state index in [1.165, 1.54) is 11.3 Å². The summed E-state index contributed by atoms with van der Waals surface area (Å²) in [6.07, 6.45) is 0.668. The van der Waals surface area contributed by atoms with Crippen molar-refractivity contribution in [2.75, 3.05) is 18.0 Å². The van der Waals surface area contributed by atoms with Gasteiger partial charge in [-0.15, -0.1) is 11.3 Å². The average molecular weight is 489 g/mol. The highest BCUT2D eigenvalue weighted by molar-refractivity contribution is 7.92. The van der Waals surface area contributed by atoms with Crippen LogP contribution in [0.2, 0.25) is 10.0 Å². The van der Waals surface area contributed by atoms with Crippen molar-refractivity contribution in [2.45, 2.75) is 23.0 Å². The van der Waals surface area contributed by atoms with Gasteiger partial charge in [-0.2, -0.15) is 0 Å². The normalized spacial score (nSPS) is 15.5. The second-order valence-electron chi connectivity index (χ2n) is 6.95. The first kappa shape index (κ1) is 21.5. The van der Waals surface area contributed by atoms with Crippen LogP contribution in [0.15, 0.2) is 46.7 Å². The first-order valence-electron chi connectivity index (χ1n) is 9.10. The summed E-state index contributed by atoms with van der Waals surface area (Å²) in [6.45, 7) is 0.947. The van der Waals surface area contributed by atoms with E-state index in [1.807, 2.05) is 16.3 Å². The highest BCUT2D eigenvalue weighted by atomic mass is 35.5. The quantitative estimate of drug-likeness (QED) is 0.433. The summed E-state index contributed by atoms with van der Waals surface area (Å²) in [7, 11) is -3.87. The maximum atomic E-state index is 14.0. The Morgan fingerprint density at radius 3 is 2.43 bits per heavy atom. The van der Waals surface area contributed by atoms with E-state index in [4.69, 9.17) is 23.2 Å². The molecule has 2 aromatic carbocycles. The Morgan fingerprint density at radius 1 is 1.03 bits per heavy atom. The van der Waals surface area contributed by atoms with Crippen molar-refractivity contribution in [3.05, 3.63) is 63.5 Å². The second kappa shape index (κ2) is 8.42. The molecule has 0 atom stereocenters. The van der Waals surface area contributed by atoms with Crippen LogP contribution in [-0.4, -0.2) is 31.7 Å². The van der Waals surface area contributed by atoms with Gasteiger partial charge >= 0.3 is 0 Å². The lowest BCUT2D eigenvalue weighted by Gasteiger charge is -2.31. The van der Waals surface area contributed by atoms with Crippen molar-refractivity contribution < 1.29 is 17.2 Å². The number of benzene rings is 2. The molecule has 0 saturated carbocycles. The summed E-state index contributed by atoms with van der Waals surface area (Å²) in [5.41, 5.74) is 1.60. The zero-order valence-corrected chi connectivity index (χ0v) is 18.6. The van der Waals surface area contributed by atoms with Gasteiger partial charge in [0.15, 0.2) is 15.0 Å². The zero-order chi connectivity index (χ0) is 21.5. The lowest BCUT2D eigenvalue weighted by molar-refractivity contribution is 0.516. The topological polar surface area (TPSA) is 50.3 Å². The van der Waals surface area contributed by atoms with Crippen molar-refractivity contribution >= 4 is 49.5 Å². The molecule has 1 saturated heterocycles. The van der Waals surface area contributed by atoms with Crippen molar-refractivity contribution in [2.24, 2.45) is 0 Å². The number of halogens is 4. The molecule has 0 aliphatic carbocycles. The van der Waals surface area contributed by atoms with Gasteiger partial charge < -0.3 is 4.90 Å². The van der Waals surface area contributed by atoms with E-state index in [0.29, 0.717) is 42.0 Å². The fraction of sp³-hybridized carbons (Fsp3) is 0.250. The standard InChI is InChI=1S/C20H16Cl2F2N2O2S2/c21-15-3-1-12(9-16(15)22)18-11-29-20(25-18)26-7-5-14(6-8-26)30(27,28)19-4-2-13(23)10-17(19)24/h1-4,9-11,14H,5-8H2. The number of sulfone groups is 1. The number of nitrogens with zero attached hydrogens (tertiary/aromatic N) is 2. The number of hydrogen-bond acceptors (Lipinski definition) is 5. The van der Waals surface area contributed by atoms with Crippen LogP contribution in [0.3, 0.4) is 0 Å². The fourth-order valence-corrected chi connectivity index (χ4v) is 6.41. The highest BCUT2D eigenvalue weighted by Gasteiger charge is 2.34. The maximum Gasteiger partial charge on any atom is 0.185 e. The molecule has 2 heterocycles. The van der Waals surface area contributed by atoms with E-state index in [1.54, 1.807) is 12.1 Å². The monoisotopic (exact) mass is 488 g/mol. The molecule has 0 N–H and O–H groups in total. The van der Waals surface area contributed by atoms with Crippen LogP contribution in [0.25, 0.3) is 11.3 Å². The molecular formula is C20H16Cl2F2N2O2S2. The number of aromatic nitrogens is 1. The van der Waals surface area contributed by atoms with Gasteiger partial charge in [0.05, 0.1) is 21.0 Å². The van der Waals surface area contributed by atoms with Crippen LogP contribution in [-0.2, 0) is 9.84 Å². The van der Waals surface area contributed by atoms with Gasteiger partial charge in [-0.05, 0) is 37.1 Å². The number of anilines is 1. The van der Waals surface area contributed by atoms with Crippen LogP contribution in [0, 0.1) is 11.6 Å². The molecule has 0 amide bonds. The Balaban J connectivity index is 1.47. The predicted octanol–water partition coefficient (Wildman–Crippen LogP) is 5.84. The minimum absolute atomic E-state index is 0.334. The Bertz CT molecular complexity index is 1190. The zero-order valence-electron chi connectivity index (χ0n) is 15.5. The number of rotatable bonds is 4. The maximum absolute atomic E-state index is 14.0. The lowest BCUT2D eigenvalue weighted by Crippen LogP contribution is -2.39. The van der Waals surface area contributed by atoms with Crippen LogP contribution in [0.1, 0.15) is 12.8 Å². The van der Waals surface area contributed by atoms with Gasteiger partial charge in [0.2, 0.25) is 0 Å². The van der Waals surface area contributed by atoms with E-state index < -0.39 is 31.6 Å². The van der Waals surface area contributed by atoms with E-state index in [9.17, 15) is 17.2 Å². The molecule has 1 fully saturated rings. The molecule has 30 heavy (non-hydrogen) atoms. The molecule has 1 aliphatic heterocycles. The molecule has 0 bridgehead atoms. The van der Waals surface area contributed by atoms with Crippen LogP contribution < -0.4 is 4.90 Å². The van der Waals surface area contributed by atoms with E-state index in [-0.39, 0.29) is 0 Å². The highest BCUT2D eigenvalue weighted by Crippen LogP contribution is 2.34. The number of hydrogen-bond donors (Lipinski definition) is 0. The molecule has 0 unspecified atom stereocenters. The Morgan fingerprint density at radius 2 is 1.77 bits per heavy atom. The third-order valence-corrected chi connectivity index (χ3v) is 8.99. The van der Waals surface area contributed by atoms with E-state index in [2.05, 4.69) is 4.98 Å². The van der Waals surface area contributed by atoms with Gasteiger partial charge in [-0.3, -0.25) is 0 Å². The average Bonchev–Trinajstić information content (AvgIpc) is 3.20. The van der Waals surface area contributed by atoms with Crippen molar-refractivity contribution in [1.82, 2.24) is 4.98 Å². The molecule has 0 spiro atoms. The lowest BCUT2D eigenvalue weighted by atomic mass is 10.1. The van der Waals surface area contributed by atoms with E-state index >= 15 is 0 Å². The number of thiazole rings is 1. The molecule has 4 nitrogen and oxygen atoms in total. The van der Waals surface area contributed by atoms with Gasteiger partial charge in [-0.1, -0.05) is 29.3 Å². The third kappa shape index (κ3) is 4.19. The summed E-state index contributed by atoms with van der Waals surface area (Å²) in [6, 6.07) is 7.86. The Kier molecular flexibility index (Phi) is 6.03. The Hall–Kier alpha value is -1.74. The number of piperidine rings is 1. The summed E-state index contributed by atoms with van der Waals surface area (Å²) < 4.78 is 52.7. The minimum atomic E-state index is -3.87. The first-order chi connectivity index (χ1) is 14.3. The van der Waals surface area contributed by atoms with Gasteiger partial charge in [0.1, 0.15) is 16.5 Å². The molecule has 158 valence electrons. The summed E-state index contributed by atoms with van der Waals surface area (Å²) in [5.74, 6) is -1.86. The van der Waals surface area contributed by atoms with Crippen molar-refractivity contribution in [3.8, 4) is 11.3 Å². The molecule has 1 aromatic heterocycles. The Labute approximate surface area is 187 Å². The fourth-order valence-electron chi connectivity index (χ4n) is 3.44. The summed E-state index contributed by atoms with van der Waals surface area (Å²) in [5, 5.41) is 2.88. The summed E-state index contributed by atoms with van der Waals surface area (Å²) >= 11 is 13.5. The van der Waals surface area contributed by atoms with Crippen LogP contribution >= 0.6 is 34.5 Å². The van der Waals surface area contributed by atoms with Crippen LogP contribution in [0.4, 0.5) is 13.9 Å². The van der Waals surface area contributed by atoms with Gasteiger partial charge in [0, 0.05) is 30.1 Å². The third-order valence-electron chi connectivity index (χ3n) is 5.06. The van der Waals surface area contributed by atoms with Crippen molar-refractivity contribution in [1.29, 1.82) is 0 Å². The molecular weight excluding hydrogens is 473 g/mol. The minimum Gasteiger partial charge on any atom is -0.348 e.